The highest BCUT2D eigenvalue weighted by molar-refractivity contribution is 5.88. The lowest BCUT2D eigenvalue weighted by molar-refractivity contribution is -0.148. The fraction of sp³-hybridized carbons (Fsp3) is 0.400. The molecule has 0 saturated heterocycles. The van der Waals surface area contributed by atoms with E-state index >= 15 is 0 Å². The summed E-state index contributed by atoms with van der Waals surface area (Å²) < 4.78 is 5.00. The van der Waals surface area contributed by atoms with Gasteiger partial charge >= 0.3 is 12.1 Å². The molecule has 1 aromatic carbocycles. The number of alkyl carbamates (subject to hydrolysis) is 1. The van der Waals surface area contributed by atoms with Crippen LogP contribution in [0.15, 0.2) is 30.3 Å². The molecule has 0 heterocycles. The number of amides is 2. The Morgan fingerprint density at radius 1 is 1.23 bits per heavy atom. The zero-order chi connectivity index (χ0) is 16.7. The summed E-state index contributed by atoms with van der Waals surface area (Å²) in [7, 11) is 1.37. The number of rotatable bonds is 6. The number of hydrogen-bond acceptors (Lipinski definition) is 4. The van der Waals surface area contributed by atoms with Gasteiger partial charge in [-0.3, -0.25) is 4.79 Å². The van der Waals surface area contributed by atoms with Gasteiger partial charge in [-0.1, -0.05) is 30.3 Å². The zero-order valence-corrected chi connectivity index (χ0v) is 12.8. The van der Waals surface area contributed by atoms with Gasteiger partial charge in [0.1, 0.15) is 18.7 Å². The van der Waals surface area contributed by atoms with Crippen molar-refractivity contribution in [1.82, 2.24) is 10.2 Å². The number of aliphatic carboxylic acids is 1. The first-order valence-corrected chi connectivity index (χ1v) is 6.79. The molecule has 0 aromatic heterocycles. The van der Waals surface area contributed by atoms with E-state index in [0.29, 0.717) is 0 Å². The summed E-state index contributed by atoms with van der Waals surface area (Å²) in [5.74, 6) is -1.62. The number of likely N-dealkylation sites (N-methyl/N-ethyl adjacent to an activating group) is 1. The molecule has 2 amide bonds. The van der Waals surface area contributed by atoms with Crippen molar-refractivity contribution < 1.29 is 24.2 Å². The third-order valence-electron chi connectivity index (χ3n) is 3.20. The van der Waals surface area contributed by atoms with Crippen LogP contribution in [0.5, 0.6) is 0 Å². The molecule has 120 valence electrons. The molecule has 0 aliphatic rings. The third-order valence-corrected chi connectivity index (χ3v) is 3.20. The minimum absolute atomic E-state index is 0.0922. The Morgan fingerprint density at radius 2 is 1.82 bits per heavy atom. The summed E-state index contributed by atoms with van der Waals surface area (Å²) in [5, 5.41) is 11.2. The number of benzene rings is 1. The molecule has 0 aliphatic carbocycles. The van der Waals surface area contributed by atoms with Crippen LogP contribution in [0.2, 0.25) is 0 Å². The lowest BCUT2D eigenvalue weighted by Crippen LogP contribution is -2.50. The van der Waals surface area contributed by atoms with Gasteiger partial charge in [0.2, 0.25) is 5.91 Å². The van der Waals surface area contributed by atoms with Gasteiger partial charge < -0.3 is 20.1 Å². The van der Waals surface area contributed by atoms with Gasteiger partial charge in [-0.25, -0.2) is 9.59 Å². The molecular formula is C15H20N2O5. The fourth-order valence-corrected chi connectivity index (χ4v) is 1.67. The number of nitrogens with zero attached hydrogens (tertiary/aromatic N) is 1. The van der Waals surface area contributed by atoms with E-state index in [9.17, 15) is 14.4 Å². The van der Waals surface area contributed by atoms with E-state index in [0.717, 1.165) is 10.5 Å². The third kappa shape index (κ3) is 5.08. The van der Waals surface area contributed by atoms with E-state index in [2.05, 4.69) is 5.32 Å². The number of carboxylic acids is 1. The number of carbonyl (C=O) groups excluding carboxylic acids is 2. The Labute approximate surface area is 128 Å². The maximum atomic E-state index is 12.0. The van der Waals surface area contributed by atoms with Gasteiger partial charge in [-0.15, -0.1) is 0 Å². The molecule has 1 aromatic rings. The minimum atomic E-state index is -1.12. The lowest BCUT2D eigenvalue weighted by atomic mass is 10.2. The topological polar surface area (TPSA) is 95.9 Å². The van der Waals surface area contributed by atoms with E-state index in [1.165, 1.54) is 20.9 Å². The molecule has 22 heavy (non-hydrogen) atoms. The van der Waals surface area contributed by atoms with Crippen LogP contribution in [-0.2, 0) is 20.9 Å². The quantitative estimate of drug-likeness (QED) is 0.824. The van der Waals surface area contributed by atoms with Gasteiger partial charge in [-0.05, 0) is 19.4 Å². The van der Waals surface area contributed by atoms with E-state index in [4.69, 9.17) is 9.84 Å². The second-order valence-electron chi connectivity index (χ2n) is 4.89. The van der Waals surface area contributed by atoms with Crippen molar-refractivity contribution in [1.29, 1.82) is 0 Å². The molecule has 0 fully saturated rings. The SMILES string of the molecule is CC(NC(=O)OCc1ccccc1)C(=O)N(C)C(C)C(=O)O. The van der Waals surface area contributed by atoms with Crippen molar-refractivity contribution in [3.63, 3.8) is 0 Å². The summed E-state index contributed by atoms with van der Waals surface area (Å²) in [4.78, 5) is 35.5. The zero-order valence-electron chi connectivity index (χ0n) is 12.8. The van der Waals surface area contributed by atoms with Crippen LogP contribution in [0.3, 0.4) is 0 Å². The number of ether oxygens (including phenoxy) is 1. The first-order chi connectivity index (χ1) is 10.3. The van der Waals surface area contributed by atoms with Crippen LogP contribution in [0.1, 0.15) is 19.4 Å². The molecule has 2 N–H and O–H groups in total. The van der Waals surface area contributed by atoms with Crippen LogP contribution >= 0.6 is 0 Å². The highest BCUT2D eigenvalue weighted by Crippen LogP contribution is 2.02. The summed E-state index contributed by atoms with van der Waals surface area (Å²) in [6.45, 7) is 2.95. The molecule has 0 saturated carbocycles. The average Bonchev–Trinajstić information content (AvgIpc) is 2.51. The first-order valence-electron chi connectivity index (χ1n) is 6.79. The lowest BCUT2D eigenvalue weighted by Gasteiger charge is -2.25. The van der Waals surface area contributed by atoms with Crippen LogP contribution in [-0.4, -0.2) is 47.1 Å². The molecule has 2 atom stereocenters. The standard InChI is InChI=1S/C15H20N2O5/c1-10(13(18)17(3)11(2)14(19)20)16-15(21)22-9-12-7-5-4-6-8-12/h4-8,10-11H,9H2,1-3H3,(H,16,21)(H,19,20). The Balaban J connectivity index is 2.46. The molecule has 2 unspecified atom stereocenters. The van der Waals surface area contributed by atoms with Gasteiger partial charge in [0.25, 0.3) is 0 Å². The van der Waals surface area contributed by atoms with Crippen LogP contribution < -0.4 is 5.32 Å². The summed E-state index contributed by atoms with van der Waals surface area (Å²) in [6.07, 6.45) is -0.735. The van der Waals surface area contributed by atoms with Crippen molar-refractivity contribution in [3.8, 4) is 0 Å². The smallest absolute Gasteiger partial charge is 0.408 e. The Bertz CT molecular complexity index is 532. The van der Waals surface area contributed by atoms with Crippen LogP contribution in [0, 0.1) is 0 Å². The number of nitrogens with one attached hydrogen (secondary N) is 1. The number of carbonyl (C=O) groups is 3. The summed E-state index contributed by atoms with van der Waals surface area (Å²) >= 11 is 0. The minimum Gasteiger partial charge on any atom is -0.480 e. The Hall–Kier alpha value is -2.57. The van der Waals surface area contributed by atoms with Crippen molar-refractivity contribution in [3.05, 3.63) is 35.9 Å². The monoisotopic (exact) mass is 308 g/mol. The normalized spacial score (nSPS) is 12.9. The number of carboxylic acid groups (broad SMARTS) is 1. The highest BCUT2D eigenvalue weighted by atomic mass is 16.5. The maximum Gasteiger partial charge on any atom is 0.408 e. The van der Waals surface area contributed by atoms with Gasteiger partial charge in [-0.2, -0.15) is 0 Å². The summed E-state index contributed by atoms with van der Waals surface area (Å²) in [5.41, 5.74) is 0.827. The largest absolute Gasteiger partial charge is 0.480 e. The highest BCUT2D eigenvalue weighted by Gasteiger charge is 2.26. The number of hydrogen-bond donors (Lipinski definition) is 2. The van der Waals surface area contributed by atoms with Crippen LogP contribution in [0.4, 0.5) is 4.79 Å². The van der Waals surface area contributed by atoms with Crippen molar-refractivity contribution in [2.24, 2.45) is 0 Å². The summed E-state index contributed by atoms with van der Waals surface area (Å²) in [6, 6.07) is 7.26. The van der Waals surface area contributed by atoms with E-state index in [1.54, 1.807) is 0 Å². The van der Waals surface area contributed by atoms with Crippen molar-refractivity contribution >= 4 is 18.0 Å². The van der Waals surface area contributed by atoms with Crippen LogP contribution in [0.25, 0.3) is 0 Å². The molecule has 7 heteroatoms. The maximum absolute atomic E-state index is 12.0. The fourth-order valence-electron chi connectivity index (χ4n) is 1.67. The average molecular weight is 308 g/mol. The molecule has 7 nitrogen and oxygen atoms in total. The van der Waals surface area contributed by atoms with E-state index in [-0.39, 0.29) is 6.61 Å². The predicted octanol–water partition coefficient (Wildman–Crippen LogP) is 1.23. The molecule has 0 radical (unpaired) electrons. The molecule has 1 rings (SSSR count). The van der Waals surface area contributed by atoms with E-state index in [1.807, 2.05) is 30.3 Å². The second kappa shape index (κ2) is 8.02. The molecule has 0 spiro atoms. The Morgan fingerprint density at radius 3 is 2.36 bits per heavy atom. The van der Waals surface area contributed by atoms with Crippen molar-refractivity contribution in [2.75, 3.05) is 7.05 Å². The van der Waals surface area contributed by atoms with Gasteiger partial charge in [0.05, 0.1) is 0 Å². The Kier molecular flexibility index (Phi) is 6.37. The molecule has 0 bridgehead atoms. The second-order valence-corrected chi connectivity index (χ2v) is 4.89. The van der Waals surface area contributed by atoms with Crippen molar-refractivity contribution in [2.45, 2.75) is 32.5 Å². The van der Waals surface area contributed by atoms with Gasteiger partial charge in [0.15, 0.2) is 0 Å². The molecular weight excluding hydrogens is 288 g/mol. The van der Waals surface area contributed by atoms with Gasteiger partial charge in [0, 0.05) is 7.05 Å². The molecule has 0 aliphatic heterocycles. The predicted molar refractivity (Wildman–Crippen MR) is 79.1 cm³/mol. The first kappa shape index (κ1) is 17.5. The van der Waals surface area contributed by atoms with E-state index < -0.39 is 30.1 Å².